The van der Waals surface area contributed by atoms with Gasteiger partial charge in [0.15, 0.2) is 11.9 Å². The molecule has 0 radical (unpaired) electrons. The Hall–Kier alpha value is -0.460. The van der Waals surface area contributed by atoms with E-state index in [2.05, 4.69) is 13.0 Å². The van der Waals surface area contributed by atoms with Crippen LogP contribution in [0, 0.1) is 17.3 Å². The molecule has 0 aromatic carbocycles. The first-order valence-electron chi connectivity index (χ1n) is 8.07. The van der Waals surface area contributed by atoms with Gasteiger partial charge in [-0.25, -0.2) is 0 Å². The Kier molecular flexibility index (Phi) is 3.74. The van der Waals surface area contributed by atoms with Crippen LogP contribution in [0.1, 0.15) is 40.0 Å². The van der Waals surface area contributed by atoms with Crippen LogP contribution in [0.3, 0.4) is 0 Å². The molecule has 2 unspecified atom stereocenters. The van der Waals surface area contributed by atoms with Gasteiger partial charge in [-0.1, -0.05) is 25.5 Å². The molecular weight excluding hydrogens is 284 g/mol. The lowest BCUT2D eigenvalue weighted by atomic mass is 9.50. The highest BCUT2D eigenvalue weighted by Gasteiger charge is 2.76. The molecule has 0 amide bonds. The molecule has 0 aromatic heterocycles. The second kappa shape index (κ2) is 5.02. The van der Waals surface area contributed by atoms with Gasteiger partial charge in [0.05, 0.1) is 0 Å². The van der Waals surface area contributed by atoms with Crippen LogP contribution in [0.25, 0.3) is 0 Å². The Morgan fingerprint density at radius 3 is 2.59 bits per heavy atom. The van der Waals surface area contributed by atoms with E-state index in [1.165, 1.54) is 19.8 Å². The summed E-state index contributed by atoms with van der Waals surface area (Å²) in [5.41, 5.74) is -0.693. The van der Waals surface area contributed by atoms with Crippen molar-refractivity contribution >= 4 is 0 Å². The van der Waals surface area contributed by atoms with Crippen LogP contribution >= 0.6 is 0 Å². The van der Waals surface area contributed by atoms with E-state index in [-0.39, 0.29) is 11.8 Å². The minimum atomic E-state index is -1.50. The van der Waals surface area contributed by atoms with Gasteiger partial charge in [0.2, 0.25) is 5.79 Å². The summed E-state index contributed by atoms with van der Waals surface area (Å²) in [5.74, 6) is -0.698. The number of methoxy groups -OCH3 is 2. The zero-order valence-corrected chi connectivity index (χ0v) is 14.1. The van der Waals surface area contributed by atoms with Crippen molar-refractivity contribution in [3.63, 3.8) is 0 Å². The highest BCUT2D eigenvalue weighted by Crippen LogP contribution is 2.63. The average molecular weight is 312 g/mol. The van der Waals surface area contributed by atoms with E-state index >= 15 is 0 Å². The van der Waals surface area contributed by atoms with Gasteiger partial charge >= 0.3 is 0 Å². The summed E-state index contributed by atoms with van der Waals surface area (Å²) in [6.45, 7) is 6.17. The molecule has 5 heteroatoms. The molecule has 1 heterocycles. The zero-order chi connectivity index (χ0) is 16.3. The number of hydrogen-bond acceptors (Lipinski definition) is 5. The molecule has 3 aliphatic rings. The molecule has 126 valence electrons. The van der Waals surface area contributed by atoms with Gasteiger partial charge in [-0.3, -0.25) is 0 Å². The van der Waals surface area contributed by atoms with E-state index < -0.39 is 29.2 Å². The van der Waals surface area contributed by atoms with Crippen LogP contribution in [0.15, 0.2) is 11.6 Å². The van der Waals surface area contributed by atoms with Gasteiger partial charge in [-0.15, -0.1) is 0 Å². The van der Waals surface area contributed by atoms with E-state index in [1.54, 1.807) is 0 Å². The first-order chi connectivity index (χ1) is 10.2. The normalized spacial score (nSPS) is 50.2. The van der Waals surface area contributed by atoms with Crippen molar-refractivity contribution in [2.45, 2.75) is 63.8 Å². The van der Waals surface area contributed by atoms with Crippen LogP contribution < -0.4 is 0 Å². The Bertz CT molecular complexity index is 487. The lowest BCUT2D eigenvalue weighted by molar-refractivity contribution is -0.351. The molecule has 0 bridgehead atoms. The highest BCUT2D eigenvalue weighted by atomic mass is 16.8. The van der Waals surface area contributed by atoms with Gasteiger partial charge in [-0.05, 0) is 31.6 Å². The number of ether oxygens (including phenoxy) is 3. The monoisotopic (exact) mass is 312 g/mol. The van der Waals surface area contributed by atoms with Crippen LogP contribution in [-0.4, -0.2) is 48.2 Å². The number of hydrogen-bond donors (Lipinski definition) is 2. The second-order valence-electron chi connectivity index (χ2n) is 7.64. The zero-order valence-electron chi connectivity index (χ0n) is 14.1. The largest absolute Gasteiger partial charge is 0.385 e. The summed E-state index contributed by atoms with van der Waals surface area (Å²) in [7, 11) is 3.01. The third-order valence-electron chi connectivity index (χ3n) is 6.41. The van der Waals surface area contributed by atoms with E-state index in [4.69, 9.17) is 14.2 Å². The molecule has 2 fully saturated rings. The third kappa shape index (κ3) is 1.77. The molecular formula is C17H28O5. The third-order valence-corrected chi connectivity index (χ3v) is 6.41. The number of aliphatic hydroxyl groups is 2. The van der Waals surface area contributed by atoms with Crippen molar-refractivity contribution in [1.82, 2.24) is 0 Å². The fourth-order valence-electron chi connectivity index (χ4n) is 5.16. The quantitative estimate of drug-likeness (QED) is 0.761. The topological polar surface area (TPSA) is 68.2 Å². The van der Waals surface area contributed by atoms with Crippen molar-refractivity contribution in [3.05, 3.63) is 11.6 Å². The minimum absolute atomic E-state index is 0.270. The number of allylic oxidation sites excluding steroid dienone is 2. The fourth-order valence-corrected chi connectivity index (χ4v) is 5.16. The molecule has 1 aliphatic heterocycles. The number of rotatable bonds is 2. The standard InChI is InChI=1S/C17H28O5/c1-10-6-7-12-11(8-10)9-16(21-5)17(19,15(12,2)3)13(18)14(20-4)22-16/h8,11-14,18-19H,6-7,9H2,1-5H3/t11?,12?,13-,14+,16+,17+/m1/s1. The van der Waals surface area contributed by atoms with Crippen molar-refractivity contribution in [2.75, 3.05) is 14.2 Å². The lowest BCUT2D eigenvalue weighted by Gasteiger charge is -2.60. The molecule has 1 saturated carbocycles. The van der Waals surface area contributed by atoms with E-state index in [9.17, 15) is 10.2 Å². The molecule has 2 aliphatic carbocycles. The maximum Gasteiger partial charge on any atom is 0.203 e. The van der Waals surface area contributed by atoms with Gasteiger partial charge < -0.3 is 24.4 Å². The summed E-state index contributed by atoms with van der Waals surface area (Å²) in [5, 5.41) is 22.3. The molecule has 6 atom stereocenters. The van der Waals surface area contributed by atoms with E-state index in [0.717, 1.165) is 12.8 Å². The summed E-state index contributed by atoms with van der Waals surface area (Å²) < 4.78 is 16.8. The molecule has 2 N–H and O–H groups in total. The maximum atomic E-state index is 11.6. The average Bonchev–Trinajstić information content (AvgIpc) is 2.70. The van der Waals surface area contributed by atoms with Gasteiger partial charge in [0, 0.05) is 26.1 Å². The van der Waals surface area contributed by atoms with E-state index in [1.807, 2.05) is 13.8 Å². The van der Waals surface area contributed by atoms with E-state index in [0.29, 0.717) is 6.42 Å². The summed E-state index contributed by atoms with van der Waals surface area (Å²) >= 11 is 0. The van der Waals surface area contributed by atoms with Crippen LogP contribution in [-0.2, 0) is 14.2 Å². The molecule has 1 saturated heterocycles. The fraction of sp³-hybridized carbons (Fsp3) is 0.882. The Morgan fingerprint density at radius 2 is 2.00 bits per heavy atom. The van der Waals surface area contributed by atoms with Crippen LogP contribution in [0.2, 0.25) is 0 Å². The predicted octanol–water partition coefficient (Wildman–Crippen LogP) is 1.83. The Balaban J connectivity index is 2.12. The molecule has 22 heavy (non-hydrogen) atoms. The summed E-state index contributed by atoms with van der Waals surface area (Å²) in [4.78, 5) is 0. The van der Waals surface area contributed by atoms with Crippen molar-refractivity contribution in [3.8, 4) is 0 Å². The van der Waals surface area contributed by atoms with Crippen molar-refractivity contribution in [2.24, 2.45) is 17.3 Å². The molecule has 5 nitrogen and oxygen atoms in total. The predicted molar refractivity (Wildman–Crippen MR) is 80.9 cm³/mol. The van der Waals surface area contributed by atoms with Crippen molar-refractivity contribution in [1.29, 1.82) is 0 Å². The number of aliphatic hydroxyl groups excluding tert-OH is 1. The first-order valence-corrected chi connectivity index (χ1v) is 8.07. The smallest absolute Gasteiger partial charge is 0.203 e. The summed E-state index contributed by atoms with van der Waals surface area (Å²) in [6.07, 6.45) is 2.83. The molecule has 3 rings (SSSR count). The Labute approximate surface area is 132 Å². The van der Waals surface area contributed by atoms with Crippen LogP contribution in [0.5, 0.6) is 0 Å². The molecule has 0 aromatic rings. The lowest BCUT2D eigenvalue weighted by Crippen LogP contribution is -2.71. The van der Waals surface area contributed by atoms with Crippen LogP contribution in [0.4, 0.5) is 0 Å². The van der Waals surface area contributed by atoms with Crippen molar-refractivity contribution < 1.29 is 24.4 Å². The SMILES string of the molecule is CO[C@H]1O[C@@]2(OC)CC3C=C(C)CCC3C(C)(C)[C@@]2(O)[C@@H]1O. The molecule has 0 spiro atoms. The minimum Gasteiger partial charge on any atom is -0.385 e. The summed E-state index contributed by atoms with van der Waals surface area (Å²) in [6, 6.07) is 0. The van der Waals surface area contributed by atoms with Gasteiger partial charge in [-0.2, -0.15) is 0 Å². The Morgan fingerprint density at radius 1 is 1.32 bits per heavy atom. The maximum absolute atomic E-state index is 11.6. The van der Waals surface area contributed by atoms with Gasteiger partial charge in [0.1, 0.15) is 6.10 Å². The highest BCUT2D eigenvalue weighted by molar-refractivity contribution is 5.24. The van der Waals surface area contributed by atoms with Gasteiger partial charge in [0.25, 0.3) is 0 Å². The number of fused-ring (bicyclic) bond motifs is 2. The first kappa shape index (κ1) is 16.4. The second-order valence-corrected chi connectivity index (χ2v) is 7.64.